The second-order valence-corrected chi connectivity index (χ2v) is 3.26. The van der Waals surface area contributed by atoms with Crippen LogP contribution in [-0.2, 0) is 0 Å². The molecule has 0 aliphatic heterocycles. The Kier molecular flexibility index (Phi) is 2.09. The van der Waals surface area contributed by atoms with Gasteiger partial charge in [-0.05, 0) is 17.7 Å². The number of carbonyl (C=O) groups is 3. The Bertz CT molecular complexity index is 554. The Morgan fingerprint density at radius 1 is 1.00 bits per heavy atom. The molecule has 0 unspecified atom stereocenters. The number of fused-ring (bicyclic) bond motifs is 1. The predicted octanol–water partition coefficient (Wildman–Crippen LogP) is 1.29. The smallest absolute Gasteiger partial charge is 0.337 e. The third kappa shape index (κ3) is 1.30. The second kappa shape index (κ2) is 3.30. The second-order valence-electron chi connectivity index (χ2n) is 3.26. The molecule has 0 saturated heterocycles. The number of benzene rings is 1. The molecule has 0 atom stereocenters. The van der Waals surface area contributed by atoms with Gasteiger partial charge in [-0.25, -0.2) is 9.59 Å². The Balaban J connectivity index is 2.80. The van der Waals surface area contributed by atoms with Crippen LogP contribution in [0.15, 0.2) is 18.2 Å². The van der Waals surface area contributed by atoms with Gasteiger partial charge in [-0.2, -0.15) is 0 Å². The SMILES string of the molecule is O=C(O)c1ccc2c(c1C(=O)O)C(=O)C=C2. The molecule has 5 nitrogen and oxygen atoms in total. The topological polar surface area (TPSA) is 91.7 Å². The first kappa shape index (κ1) is 10.1. The summed E-state index contributed by atoms with van der Waals surface area (Å²) in [6.07, 6.45) is 2.69. The lowest BCUT2D eigenvalue weighted by molar-refractivity contribution is 0.0650. The largest absolute Gasteiger partial charge is 0.478 e. The van der Waals surface area contributed by atoms with Crippen LogP contribution < -0.4 is 0 Å². The number of rotatable bonds is 2. The predicted molar refractivity (Wildman–Crippen MR) is 53.7 cm³/mol. The third-order valence-corrected chi connectivity index (χ3v) is 2.34. The third-order valence-electron chi connectivity index (χ3n) is 2.34. The molecule has 0 radical (unpaired) electrons. The van der Waals surface area contributed by atoms with Gasteiger partial charge in [0.2, 0.25) is 0 Å². The van der Waals surface area contributed by atoms with Crippen molar-refractivity contribution in [2.75, 3.05) is 0 Å². The van der Waals surface area contributed by atoms with Crippen LogP contribution in [0.25, 0.3) is 6.08 Å². The molecule has 1 aliphatic carbocycles. The van der Waals surface area contributed by atoms with E-state index in [9.17, 15) is 14.4 Å². The van der Waals surface area contributed by atoms with Crippen molar-refractivity contribution in [2.24, 2.45) is 0 Å². The number of carbonyl (C=O) groups excluding carboxylic acids is 1. The summed E-state index contributed by atoms with van der Waals surface area (Å²) in [5.41, 5.74) is -0.428. The Morgan fingerprint density at radius 2 is 1.69 bits per heavy atom. The number of hydrogen-bond donors (Lipinski definition) is 2. The number of carboxylic acid groups (broad SMARTS) is 2. The first-order valence-electron chi connectivity index (χ1n) is 4.38. The first-order valence-corrected chi connectivity index (χ1v) is 4.38. The maximum atomic E-state index is 11.4. The zero-order valence-electron chi connectivity index (χ0n) is 7.93. The summed E-state index contributed by atoms with van der Waals surface area (Å²) in [6, 6.07) is 2.61. The van der Waals surface area contributed by atoms with Crippen LogP contribution in [0.5, 0.6) is 0 Å². The molecule has 2 N–H and O–H groups in total. The molecule has 0 heterocycles. The summed E-state index contributed by atoms with van der Waals surface area (Å²) < 4.78 is 0. The van der Waals surface area contributed by atoms with Gasteiger partial charge < -0.3 is 10.2 Å². The van der Waals surface area contributed by atoms with E-state index >= 15 is 0 Å². The van der Waals surface area contributed by atoms with Crippen LogP contribution in [0.2, 0.25) is 0 Å². The maximum absolute atomic E-state index is 11.4. The highest BCUT2D eigenvalue weighted by Crippen LogP contribution is 2.26. The van der Waals surface area contributed by atoms with E-state index < -0.39 is 23.3 Å². The molecule has 5 heteroatoms. The van der Waals surface area contributed by atoms with Crippen molar-refractivity contribution in [1.29, 1.82) is 0 Å². The minimum Gasteiger partial charge on any atom is -0.478 e. The molecule has 1 aromatic rings. The van der Waals surface area contributed by atoms with Crippen LogP contribution in [-0.4, -0.2) is 27.9 Å². The van der Waals surface area contributed by atoms with Crippen molar-refractivity contribution >= 4 is 23.8 Å². The highest BCUT2D eigenvalue weighted by Gasteiger charge is 2.27. The lowest BCUT2D eigenvalue weighted by Gasteiger charge is -2.06. The van der Waals surface area contributed by atoms with E-state index in [-0.39, 0.29) is 11.1 Å². The average Bonchev–Trinajstić information content (AvgIpc) is 2.59. The first-order chi connectivity index (χ1) is 7.52. The van der Waals surface area contributed by atoms with E-state index in [1.165, 1.54) is 24.3 Å². The van der Waals surface area contributed by atoms with Crippen LogP contribution in [0.4, 0.5) is 0 Å². The van der Waals surface area contributed by atoms with E-state index in [0.717, 1.165) is 0 Å². The van der Waals surface area contributed by atoms with Gasteiger partial charge in [0.15, 0.2) is 5.78 Å². The molecule has 2 rings (SSSR count). The minimum absolute atomic E-state index is 0.0487. The van der Waals surface area contributed by atoms with Gasteiger partial charge >= 0.3 is 11.9 Å². The van der Waals surface area contributed by atoms with Crippen molar-refractivity contribution in [3.63, 3.8) is 0 Å². The van der Waals surface area contributed by atoms with Crippen LogP contribution in [0, 0.1) is 0 Å². The molecule has 0 aromatic heterocycles. The van der Waals surface area contributed by atoms with Gasteiger partial charge in [0.05, 0.1) is 11.1 Å². The molecule has 0 spiro atoms. The number of ketones is 1. The van der Waals surface area contributed by atoms with Gasteiger partial charge in [0, 0.05) is 5.56 Å². The maximum Gasteiger partial charge on any atom is 0.337 e. The monoisotopic (exact) mass is 218 g/mol. The highest BCUT2D eigenvalue weighted by molar-refractivity contribution is 6.20. The lowest BCUT2D eigenvalue weighted by Crippen LogP contribution is -2.13. The van der Waals surface area contributed by atoms with Crippen LogP contribution in [0.3, 0.4) is 0 Å². The Labute approximate surface area is 89.6 Å². The number of hydrogen-bond acceptors (Lipinski definition) is 3. The summed E-state index contributed by atoms with van der Waals surface area (Å²) in [5, 5.41) is 17.8. The van der Waals surface area contributed by atoms with Crippen molar-refractivity contribution in [2.45, 2.75) is 0 Å². The number of aromatic carboxylic acids is 2. The zero-order valence-corrected chi connectivity index (χ0v) is 7.93. The normalized spacial score (nSPS) is 12.6. The van der Waals surface area contributed by atoms with E-state index in [4.69, 9.17) is 10.2 Å². The average molecular weight is 218 g/mol. The Hall–Kier alpha value is -2.43. The molecular weight excluding hydrogens is 212 g/mol. The van der Waals surface area contributed by atoms with Gasteiger partial charge in [0.1, 0.15) is 0 Å². The fraction of sp³-hybridized carbons (Fsp3) is 0. The molecular formula is C11H6O5. The van der Waals surface area contributed by atoms with Gasteiger partial charge in [0.25, 0.3) is 0 Å². The van der Waals surface area contributed by atoms with Gasteiger partial charge in [-0.1, -0.05) is 12.1 Å². The van der Waals surface area contributed by atoms with Crippen molar-refractivity contribution in [3.05, 3.63) is 40.5 Å². The molecule has 16 heavy (non-hydrogen) atoms. The molecule has 0 saturated carbocycles. The number of carboxylic acids is 2. The molecule has 0 bridgehead atoms. The van der Waals surface area contributed by atoms with Crippen LogP contribution >= 0.6 is 0 Å². The quantitative estimate of drug-likeness (QED) is 0.780. The molecule has 0 amide bonds. The Morgan fingerprint density at radius 3 is 2.25 bits per heavy atom. The zero-order chi connectivity index (χ0) is 11.9. The van der Waals surface area contributed by atoms with Gasteiger partial charge in [-0.15, -0.1) is 0 Å². The molecule has 0 fully saturated rings. The van der Waals surface area contributed by atoms with E-state index in [0.29, 0.717) is 5.56 Å². The van der Waals surface area contributed by atoms with Crippen molar-refractivity contribution in [1.82, 2.24) is 0 Å². The molecule has 1 aliphatic rings. The summed E-state index contributed by atoms with van der Waals surface area (Å²) in [5.74, 6) is -3.25. The standard InChI is InChI=1S/C11H6O5/c12-7-4-2-5-1-3-6(10(13)14)9(8(5)7)11(15)16/h1-4H,(H,13,14)(H,15,16). The van der Waals surface area contributed by atoms with E-state index in [2.05, 4.69) is 0 Å². The van der Waals surface area contributed by atoms with Crippen LogP contribution in [0.1, 0.15) is 36.6 Å². The summed E-state index contributed by atoms with van der Waals surface area (Å²) >= 11 is 0. The van der Waals surface area contributed by atoms with Crippen molar-refractivity contribution in [3.8, 4) is 0 Å². The van der Waals surface area contributed by atoms with Gasteiger partial charge in [-0.3, -0.25) is 4.79 Å². The molecule has 80 valence electrons. The van der Waals surface area contributed by atoms with E-state index in [1.807, 2.05) is 0 Å². The highest BCUT2D eigenvalue weighted by atomic mass is 16.4. The number of allylic oxidation sites excluding steroid dienone is 1. The van der Waals surface area contributed by atoms with E-state index in [1.54, 1.807) is 0 Å². The minimum atomic E-state index is -1.41. The fourth-order valence-electron chi connectivity index (χ4n) is 1.67. The lowest BCUT2D eigenvalue weighted by atomic mass is 9.96. The summed E-state index contributed by atoms with van der Waals surface area (Å²) in [6.45, 7) is 0. The summed E-state index contributed by atoms with van der Waals surface area (Å²) in [7, 11) is 0. The fourth-order valence-corrected chi connectivity index (χ4v) is 1.67. The summed E-state index contributed by atoms with van der Waals surface area (Å²) in [4.78, 5) is 33.2. The molecule has 1 aromatic carbocycles. The van der Waals surface area contributed by atoms with Crippen molar-refractivity contribution < 1.29 is 24.6 Å².